The Hall–Kier alpha value is -5.41. The summed E-state index contributed by atoms with van der Waals surface area (Å²) in [6.45, 7) is 0. The van der Waals surface area contributed by atoms with E-state index < -0.39 is 0 Å². The molecule has 0 saturated heterocycles. The third kappa shape index (κ3) is 2.35. The van der Waals surface area contributed by atoms with Crippen LogP contribution in [0.1, 0.15) is 0 Å². The molecule has 1 aliphatic rings. The average Bonchev–Trinajstić information content (AvgIpc) is 3.67. The molecule has 9 aromatic rings. The zero-order valence-corrected chi connectivity index (χ0v) is 21.5. The van der Waals surface area contributed by atoms with Crippen LogP contribution >= 0.6 is 0 Å². The average molecular weight is 508 g/mol. The summed E-state index contributed by atoms with van der Waals surface area (Å²) in [6.07, 6.45) is 0. The van der Waals surface area contributed by atoms with E-state index in [0.29, 0.717) is 0 Å². The zero-order chi connectivity index (χ0) is 25.9. The second kappa shape index (κ2) is 7.16. The molecular formula is C37H21N3. The van der Waals surface area contributed by atoms with Crippen LogP contribution in [0, 0.1) is 0 Å². The van der Waals surface area contributed by atoms with Crippen molar-refractivity contribution >= 4 is 60.2 Å². The van der Waals surface area contributed by atoms with Crippen molar-refractivity contribution < 1.29 is 0 Å². The molecule has 10 rings (SSSR count). The fourth-order valence-corrected chi connectivity index (χ4v) is 7.25. The van der Waals surface area contributed by atoms with E-state index >= 15 is 0 Å². The van der Waals surface area contributed by atoms with E-state index in [1.165, 1.54) is 66.0 Å². The summed E-state index contributed by atoms with van der Waals surface area (Å²) in [5, 5.41) is 6.21. The molecule has 0 bridgehead atoms. The molecule has 0 atom stereocenters. The summed E-state index contributed by atoms with van der Waals surface area (Å²) in [5.74, 6) is 0. The van der Waals surface area contributed by atoms with Crippen molar-refractivity contribution in [3.05, 3.63) is 127 Å². The van der Waals surface area contributed by atoms with Crippen molar-refractivity contribution in [1.82, 2.24) is 14.0 Å². The maximum atomic E-state index is 5.14. The first-order chi connectivity index (χ1) is 19.9. The van der Waals surface area contributed by atoms with Gasteiger partial charge in [-0.15, -0.1) is 0 Å². The molecule has 184 valence electrons. The van der Waals surface area contributed by atoms with Gasteiger partial charge in [0.25, 0.3) is 0 Å². The molecule has 3 heterocycles. The molecule has 3 aromatic heterocycles. The van der Waals surface area contributed by atoms with Gasteiger partial charge in [0, 0.05) is 21.5 Å². The zero-order valence-electron chi connectivity index (χ0n) is 21.5. The molecule has 0 radical (unpaired) electrons. The number of aromatic nitrogens is 3. The van der Waals surface area contributed by atoms with E-state index in [1.807, 2.05) is 0 Å². The molecule has 0 N–H and O–H groups in total. The van der Waals surface area contributed by atoms with Crippen molar-refractivity contribution in [3.63, 3.8) is 0 Å². The monoisotopic (exact) mass is 507 g/mol. The predicted molar refractivity (Wildman–Crippen MR) is 166 cm³/mol. The number of rotatable bonds is 1. The second-order valence-electron chi connectivity index (χ2n) is 10.8. The Morgan fingerprint density at radius 1 is 0.425 bits per heavy atom. The summed E-state index contributed by atoms with van der Waals surface area (Å²) in [6, 6.07) is 46.2. The van der Waals surface area contributed by atoms with Gasteiger partial charge in [0.1, 0.15) is 5.65 Å². The molecule has 40 heavy (non-hydrogen) atoms. The molecule has 1 aliphatic carbocycles. The first-order valence-electron chi connectivity index (χ1n) is 13.8. The number of hydrogen-bond acceptors (Lipinski definition) is 1. The van der Waals surface area contributed by atoms with E-state index in [1.54, 1.807) is 0 Å². The highest BCUT2D eigenvalue weighted by atomic mass is 15.1. The molecule has 0 amide bonds. The van der Waals surface area contributed by atoms with Crippen molar-refractivity contribution in [2.24, 2.45) is 0 Å². The van der Waals surface area contributed by atoms with Gasteiger partial charge in [-0.1, -0.05) is 103 Å². The summed E-state index contributed by atoms with van der Waals surface area (Å²) in [7, 11) is 0. The predicted octanol–water partition coefficient (Wildman–Crippen LogP) is 9.54. The van der Waals surface area contributed by atoms with E-state index in [2.05, 4.69) is 136 Å². The smallest absolute Gasteiger partial charge is 0.146 e. The Morgan fingerprint density at radius 3 is 1.90 bits per heavy atom. The lowest BCUT2D eigenvalue weighted by molar-refractivity contribution is 1.20. The summed E-state index contributed by atoms with van der Waals surface area (Å²) >= 11 is 0. The van der Waals surface area contributed by atoms with E-state index in [-0.39, 0.29) is 0 Å². The van der Waals surface area contributed by atoms with Gasteiger partial charge in [0.2, 0.25) is 0 Å². The summed E-state index contributed by atoms with van der Waals surface area (Å²) in [5.41, 5.74) is 13.2. The standard InChI is InChI=1S/C37H21N3/c1-2-11-23-22(10-1)24-15-9-16-28-32(21-20-25(23)34(24)28)39-31-18-7-5-14-29(31)36-35(39)26-12-3-4-13-27(26)37-38-30-17-6-8-19-33(30)40(36)37/h1-21H. The third-order valence-electron chi connectivity index (χ3n) is 8.82. The Morgan fingerprint density at radius 2 is 1.05 bits per heavy atom. The van der Waals surface area contributed by atoms with E-state index in [0.717, 1.165) is 22.1 Å². The highest BCUT2D eigenvalue weighted by Gasteiger charge is 2.25. The van der Waals surface area contributed by atoms with Crippen LogP contribution < -0.4 is 0 Å². The van der Waals surface area contributed by atoms with Crippen LogP contribution in [-0.4, -0.2) is 14.0 Å². The summed E-state index contributed by atoms with van der Waals surface area (Å²) < 4.78 is 4.87. The minimum atomic E-state index is 1.00. The first kappa shape index (κ1) is 20.5. The SMILES string of the molecule is c1ccc2c(c1)-c1cccc3c(-n4c5ccccc5c5c4c4ccccc4c4nc6ccccc6n45)ccc-2c13. The van der Waals surface area contributed by atoms with Gasteiger partial charge in [-0.05, 0) is 51.9 Å². The van der Waals surface area contributed by atoms with Crippen LogP contribution in [0.25, 0.3) is 88.1 Å². The van der Waals surface area contributed by atoms with Crippen molar-refractivity contribution in [3.8, 4) is 27.9 Å². The van der Waals surface area contributed by atoms with Crippen LogP contribution in [0.2, 0.25) is 0 Å². The van der Waals surface area contributed by atoms with Gasteiger partial charge >= 0.3 is 0 Å². The van der Waals surface area contributed by atoms with Crippen molar-refractivity contribution in [2.45, 2.75) is 0 Å². The van der Waals surface area contributed by atoms with Gasteiger partial charge in [-0.2, -0.15) is 0 Å². The Balaban J connectivity index is 1.47. The van der Waals surface area contributed by atoms with Crippen LogP contribution in [0.3, 0.4) is 0 Å². The van der Waals surface area contributed by atoms with Gasteiger partial charge in [-0.3, -0.25) is 4.40 Å². The quantitative estimate of drug-likeness (QED) is 0.217. The number of pyridine rings is 1. The maximum absolute atomic E-state index is 5.14. The molecule has 0 saturated carbocycles. The number of imidazole rings is 1. The number of nitrogens with zero attached hydrogens (tertiary/aromatic N) is 3. The molecule has 0 unspecified atom stereocenters. The lowest BCUT2D eigenvalue weighted by atomic mass is 10.0. The number of hydrogen-bond donors (Lipinski definition) is 0. The molecule has 3 nitrogen and oxygen atoms in total. The fraction of sp³-hybridized carbons (Fsp3) is 0. The number of para-hydroxylation sites is 3. The Labute approximate surface area is 229 Å². The first-order valence-corrected chi connectivity index (χ1v) is 13.8. The molecule has 0 fully saturated rings. The number of fused-ring (bicyclic) bond motifs is 13. The Bertz CT molecular complexity index is 2520. The second-order valence-corrected chi connectivity index (χ2v) is 10.8. The highest BCUT2D eigenvalue weighted by molar-refractivity contribution is 6.23. The van der Waals surface area contributed by atoms with Crippen LogP contribution in [-0.2, 0) is 0 Å². The fourth-order valence-electron chi connectivity index (χ4n) is 7.25. The van der Waals surface area contributed by atoms with Gasteiger partial charge in [0.05, 0.1) is 33.3 Å². The third-order valence-corrected chi connectivity index (χ3v) is 8.82. The van der Waals surface area contributed by atoms with Crippen molar-refractivity contribution in [2.75, 3.05) is 0 Å². The minimum absolute atomic E-state index is 1.00. The molecule has 0 aliphatic heterocycles. The van der Waals surface area contributed by atoms with Crippen molar-refractivity contribution in [1.29, 1.82) is 0 Å². The lowest BCUT2D eigenvalue weighted by Crippen LogP contribution is -1.98. The molecule has 0 spiro atoms. The van der Waals surface area contributed by atoms with Gasteiger partial charge in [-0.25, -0.2) is 4.98 Å². The number of benzene rings is 6. The normalized spacial score (nSPS) is 12.5. The summed E-state index contributed by atoms with van der Waals surface area (Å²) in [4.78, 5) is 5.14. The van der Waals surface area contributed by atoms with Crippen LogP contribution in [0.5, 0.6) is 0 Å². The van der Waals surface area contributed by atoms with Gasteiger partial charge in [0.15, 0.2) is 0 Å². The van der Waals surface area contributed by atoms with Gasteiger partial charge < -0.3 is 4.57 Å². The topological polar surface area (TPSA) is 22.2 Å². The Kier molecular flexibility index (Phi) is 3.68. The molecule has 3 heteroatoms. The van der Waals surface area contributed by atoms with Crippen LogP contribution in [0.15, 0.2) is 127 Å². The maximum Gasteiger partial charge on any atom is 0.146 e. The largest absolute Gasteiger partial charge is 0.306 e. The highest BCUT2D eigenvalue weighted by Crippen LogP contribution is 2.49. The van der Waals surface area contributed by atoms with E-state index in [9.17, 15) is 0 Å². The molecule has 6 aromatic carbocycles. The molecular weight excluding hydrogens is 486 g/mol. The minimum Gasteiger partial charge on any atom is -0.306 e. The van der Waals surface area contributed by atoms with E-state index in [4.69, 9.17) is 4.98 Å². The lowest BCUT2D eigenvalue weighted by Gasteiger charge is -2.15. The van der Waals surface area contributed by atoms with Crippen LogP contribution in [0.4, 0.5) is 0 Å².